The molecule has 0 aliphatic rings. The minimum Gasteiger partial charge on any atom is -0.465 e. The van der Waals surface area contributed by atoms with Gasteiger partial charge in [-0.05, 0) is 28.8 Å². The van der Waals surface area contributed by atoms with Gasteiger partial charge in [-0.25, -0.2) is 4.79 Å². The van der Waals surface area contributed by atoms with E-state index in [0.29, 0.717) is 18.5 Å². The highest BCUT2D eigenvalue weighted by molar-refractivity contribution is 5.89. The molecule has 0 aromatic heterocycles. The van der Waals surface area contributed by atoms with E-state index < -0.39 is 0 Å². The first-order valence-corrected chi connectivity index (χ1v) is 8.56. The smallest absolute Gasteiger partial charge is 0.337 e. The van der Waals surface area contributed by atoms with Crippen LogP contribution in [0.3, 0.4) is 0 Å². The van der Waals surface area contributed by atoms with Crippen molar-refractivity contribution in [1.29, 1.82) is 0 Å². The summed E-state index contributed by atoms with van der Waals surface area (Å²) in [6, 6.07) is 15.4. The van der Waals surface area contributed by atoms with Gasteiger partial charge in [-0.1, -0.05) is 57.2 Å². The molecular formula is C21H27NO3. The number of hydrogen-bond donors (Lipinski definition) is 0. The number of benzene rings is 2. The van der Waals surface area contributed by atoms with Gasteiger partial charge in [0.2, 0.25) is 5.91 Å². The molecule has 1 amide bonds. The Morgan fingerprint density at radius 3 is 1.84 bits per heavy atom. The van der Waals surface area contributed by atoms with Gasteiger partial charge in [0.25, 0.3) is 0 Å². The lowest BCUT2D eigenvalue weighted by molar-refractivity contribution is -0.130. The predicted molar refractivity (Wildman–Crippen MR) is 101 cm³/mol. The molecule has 0 unspecified atom stereocenters. The van der Waals surface area contributed by atoms with E-state index in [1.807, 2.05) is 64.2 Å². The molecule has 0 saturated carbocycles. The lowest BCUT2D eigenvalue weighted by Gasteiger charge is -2.16. The van der Waals surface area contributed by atoms with E-state index in [0.717, 1.165) is 16.7 Å². The third-order valence-electron chi connectivity index (χ3n) is 3.74. The number of esters is 1. The molecule has 4 nitrogen and oxygen atoms in total. The van der Waals surface area contributed by atoms with Crippen LogP contribution in [0, 0.1) is 0 Å². The van der Waals surface area contributed by atoms with Crippen molar-refractivity contribution < 1.29 is 14.3 Å². The number of carbonyl (C=O) groups excluding carboxylic acids is 2. The number of amides is 1. The van der Waals surface area contributed by atoms with Crippen LogP contribution in [0.15, 0.2) is 48.5 Å². The number of rotatable bonds is 5. The van der Waals surface area contributed by atoms with Crippen molar-refractivity contribution in [2.75, 3.05) is 14.2 Å². The van der Waals surface area contributed by atoms with Crippen molar-refractivity contribution in [2.45, 2.75) is 33.7 Å². The summed E-state index contributed by atoms with van der Waals surface area (Å²) >= 11 is 0. The average molecular weight is 341 g/mol. The Kier molecular flexibility index (Phi) is 8.40. The fourth-order valence-electron chi connectivity index (χ4n) is 2.35. The van der Waals surface area contributed by atoms with Gasteiger partial charge in [0.1, 0.15) is 0 Å². The summed E-state index contributed by atoms with van der Waals surface area (Å²) in [7, 11) is 3.18. The molecule has 0 atom stereocenters. The third kappa shape index (κ3) is 5.75. The maximum atomic E-state index is 11.6. The SMILES string of the molecule is CC.CCC(=O)N(C)Cc1ccc(-c2ccc(C(=O)OC)cc2)cc1. The fourth-order valence-corrected chi connectivity index (χ4v) is 2.35. The quantitative estimate of drug-likeness (QED) is 0.750. The molecule has 0 radical (unpaired) electrons. The van der Waals surface area contributed by atoms with E-state index in [1.54, 1.807) is 17.0 Å². The molecule has 2 aromatic carbocycles. The van der Waals surface area contributed by atoms with E-state index >= 15 is 0 Å². The molecule has 0 aliphatic carbocycles. The van der Waals surface area contributed by atoms with E-state index in [1.165, 1.54) is 7.11 Å². The molecule has 0 heterocycles. The molecule has 0 N–H and O–H groups in total. The molecule has 25 heavy (non-hydrogen) atoms. The summed E-state index contributed by atoms with van der Waals surface area (Å²) in [5.41, 5.74) is 3.72. The van der Waals surface area contributed by atoms with Crippen molar-refractivity contribution in [2.24, 2.45) is 0 Å². The topological polar surface area (TPSA) is 46.6 Å². The summed E-state index contributed by atoms with van der Waals surface area (Å²) in [6.45, 7) is 6.47. The Balaban J connectivity index is 0.00000151. The standard InChI is InChI=1S/C19H21NO3.C2H6/c1-4-18(21)20(2)13-14-5-7-15(8-6-14)16-9-11-17(12-10-16)19(22)23-3;1-2/h5-12H,4,13H2,1-3H3;1-2H3. The highest BCUT2D eigenvalue weighted by Gasteiger charge is 2.08. The Hall–Kier alpha value is -2.62. The molecule has 0 bridgehead atoms. The number of methoxy groups -OCH3 is 1. The van der Waals surface area contributed by atoms with Crippen LogP contribution in [0.5, 0.6) is 0 Å². The zero-order chi connectivity index (χ0) is 18.8. The first kappa shape index (κ1) is 20.4. The van der Waals surface area contributed by atoms with Crippen LogP contribution in [0.4, 0.5) is 0 Å². The summed E-state index contributed by atoms with van der Waals surface area (Å²) in [5, 5.41) is 0. The first-order chi connectivity index (χ1) is 12.0. The maximum Gasteiger partial charge on any atom is 0.337 e. The van der Waals surface area contributed by atoms with Crippen LogP contribution >= 0.6 is 0 Å². The van der Waals surface area contributed by atoms with Crippen LogP contribution in [0.1, 0.15) is 43.1 Å². The van der Waals surface area contributed by atoms with Crippen LogP contribution in [-0.2, 0) is 16.1 Å². The average Bonchev–Trinajstić information content (AvgIpc) is 2.69. The predicted octanol–water partition coefficient (Wildman–Crippen LogP) is 4.53. The summed E-state index contributed by atoms with van der Waals surface area (Å²) < 4.78 is 4.69. The number of nitrogens with zero attached hydrogens (tertiary/aromatic N) is 1. The Morgan fingerprint density at radius 1 is 0.920 bits per heavy atom. The van der Waals surface area contributed by atoms with Crippen molar-refractivity contribution in [3.63, 3.8) is 0 Å². The van der Waals surface area contributed by atoms with E-state index in [9.17, 15) is 9.59 Å². The zero-order valence-electron chi connectivity index (χ0n) is 15.7. The fraction of sp³-hybridized carbons (Fsp3) is 0.333. The van der Waals surface area contributed by atoms with E-state index in [-0.39, 0.29) is 11.9 Å². The van der Waals surface area contributed by atoms with Gasteiger partial charge in [-0.15, -0.1) is 0 Å². The van der Waals surface area contributed by atoms with Gasteiger partial charge in [0.05, 0.1) is 12.7 Å². The van der Waals surface area contributed by atoms with Crippen LogP contribution in [-0.4, -0.2) is 30.9 Å². The summed E-state index contributed by atoms with van der Waals surface area (Å²) in [5.74, 6) is -0.206. The number of hydrogen-bond acceptors (Lipinski definition) is 3. The highest BCUT2D eigenvalue weighted by Crippen LogP contribution is 2.21. The van der Waals surface area contributed by atoms with Gasteiger partial charge in [0, 0.05) is 20.0 Å². The van der Waals surface area contributed by atoms with E-state index in [2.05, 4.69) is 0 Å². The normalized spacial score (nSPS) is 9.64. The van der Waals surface area contributed by atoms with Crippen molar-refractivity contribution in [3.8, 4) is 11.1 Å². The molecule has 2 rings (SSSR count). The second kappa shape index (κ2) is 10.3. The van der Waals surface area contributed by atoms with Crippen molar-refractivity contribution >= 4 is 11.9 Å². The molecular weight excluding hydrogens is 314 g/mol. The number of ether oxygens (including phenoxy) is 1. The van der Waals surface area contributed by atoms with Crippen LogP contribution < -0.4 is 0 Å². The highest BCUT2D eigenvalue weighted by atomic mass is 16.5. The lowest BCUT2D eigenvalue weighted by Crippen LogP contribution is -2.25. The summed E-state index contributed by atoms with van der Waals surface area (Å²) in [6.07, 6.45) is 0.515. The molecule has 4 heteroatoms. The Bertz CT molecular complexity index is 675. The zero-order valence-corrected chi connectivity index (χ0v) is 15.7. The third-order valence-corrected chi connectivity index (χ3v) is 3.74. The van der Waals surface area contributed by atoms with Crippen LogP contribution in [0.25, 0.3) is 11.1 Å². The van der Waals surface area contributed by atoms with E-state index in [4.69, 9.17) is 4.74 Å². The minimum absolute atomic E-state index is 0.132. The second-order valence-electron chi connectivity index (χ2n) is 5.37. The van der Waals surface area contributed by atoms with Gasteiger partial charge in [-0.2, -0.15) is 0 Å². The van der Waals surface area contributed by atoms with Crippen LogP contribution in [0.2, 0.25) is 0 Å². The van der Waals surface area contributed by atoms with Gasteiger partial charge < -0.3 is 9.64 Å². The molecule has 0 saturated heterocycles. The van der Waals surface area contributed by atoms with Gasteiger partial charge in [0.15, 0.2) is 0 Å². The number of carbonyl (C=O) groups is 2. The van der Waals surface area contributed by atoms with Gasteiger partial charge in [-0.3, -0.25) is 4.79 Å². The molecule has 0 aliphatic heterocycles. The Morgan fingerprint density at radius 2 is 1.40 bits per heavy atom. The molecule has 134 valence electrons. The lowest BCUT2D eigenvalue weighted by atomic mass is 10.0. The Labute approximate surface area is 150 Å². The molecule has 0 spiro atoms. The molecule has 0 fully saturated rings. The largest absolute Gasteiger partial charge is 0.465 e. The second-order valence-corrected chi connectivity index (χ2v) is 5.37. The first-order valence-electron chi connectivity index (χ1n) is 8.56. The maximum absolute atomic E-state index is 11.6. The minimum atomic E-state index is -0.337. The van der Waals surface area contributed by atoms with Gasteiger partial charge >= 0.3 is 5.97 Å². The summed E-state index contributed by atoms with van der Waals surface area (Å²) in [4.78, 5) is 24.8. The van der Waals surface area contributed by atoms with Crippen molar-refractivity contribution in [3.05, 3.63) is 59.7 Å². The van der Waals surface area contributed by atoms with Crippen molar-refractivity contribution in [1.82, 2.24) is 4.90 Å². The molecule has 2 aromatic rings. The monoisotopic (exact) mass is 341 g/mol.